The number of nitrogens with zero attached hydrogens (tertiary/aromatic N) is 4. The van der Waals surface area contributed by atoms with Crippen molar-refractivity contribution in [3.8, 4) is 6.07 Å². The molecule has 2 heterocycles. The van der Waals surface area contributed by atoms with E-state index >= 15 is 0 Å². The van der Waals surface area contributed by atoms with Crippen LogP contribution in [0.2, 0.25) is 0 Å². The Hall–Kier alpha value is -2.39. The highest BCUT2D eigenvalue weighted by molar-refractivity contribution is 7.16. The molecule has 1 saturated heterocycles. The normalized spacial score (nSPS) is 13.4. The van der Waals surface area contributed by atoms with Gasteiger partial charge in [0.1, 0.15) is 5.00 Å². The molecule has 1 aromatic carbocycles. The Kier molecular flexibility index (Phi) is 5.58. The second-order valence-corrected chi connectivity index (χ2v) is 8.18. The number of carbonyl (C=O) groups excluding carboxylic acids is 1. The molecule has 0 aliphatic carbocycles. The van der Waals surface area contributed by atoms with Crippen LogP contribution < -0.4 is 4.90 Å². The SMILES string of the molecule is Cc1nc(CC(C)C)sc1N(Cc1cccc(C#N)c1)C(=O)N1CCC1. The Bertz CT molecular complexity index is 833. The first-order chi connectivity index (χ1) is 12.5. The van der Waals surface area contributed by atoms with E-state index in [9.17, 15) is 4.79 Å². The van der Waals surface area contributed by atoms with Crippen molar-refractivity contribution in [1.29, 1.82) is 5.26 Å². The number of benzene rings is 1. The van der Waals surface area contributed by atoms with Crippen LogP contribution in [0.1, 0.15) is 42.1 Å². The van der Waals surface area contributed by atoms with Crippen molar-refractivity contribution in [3.05, 3.63) is 46.1 Å². The molecule has 0 atom stereocenters. The molecular weight excluding hydrogens is 344 g/mol. The molecule has 6 heteroatoms. The topological polar surface area (TPSA) is 60.2 Å². The summed E-state index contributed by atoms with van der Waals surface area (Å²) >= 11 is 1.61. The van der Waals surface area contributed by atoms with Gasteiger partial charge in [0, 0.05) is 19.5 Å². The van der Waals surface area contributed by atoms with Crippen LogP contribution >= 0.6 is 11.3 Å². The Morgan fingerprint density at radius 1 is 1.42 bits per heavy atom. The highest BCUT2D eigenvalue weighted by atomic mass is 32.1. The molecule has 5 nitrogen and oxygen atoms in total. The van der Waals surface area contributed by atoms with Gasteiger partial charge in [0.25, 0.3) is 0 Å². The minimum Gasteiger partial charge on any atom is -0.324 e. The van der Waals surface area contributed by atoms with Gasteiger partial charge in [-0.1, -0.05) is 26.0 Å². The molecule has 1 fully saturated rings. The Morgan fingerprint density at radius 3 is 2.81 bits per heavy atom. The van der Waals surface area contributed by atoms with Gasteiger partial charge < -0.3 is 4.90 Å². The third kappa shape index (κ3) is 4.05. The van der Waals surface area contributed by atoms with Crippen LogP contribution in [-0.2, 0) is 13.0 Å². The fraction of sp³-hybridized carbons (Fsp3) is 0.450. The maximum Gasteiger partial charge on any atom is 0.325 e. The number of carbonyl (C=O) groups is 1. The van der Waals surface area contributed by atoms with Crippen LogP contribution in [0.15, 0.2) is 24.3 Å². The van der Waals surface area contributed by atoms with E-state index < -0.39 is 0 Å². The van der Waals surface area contributed by atoms with Gasteiger partial charge in [-0.15, -0.1) is 11.3 Å². The Labute approximate surface area is 158 Å². The maximum atomic E-state index is 13.0. The van der Waals surface area contributed by atoms with Gasteiger partial charge in [0.15, 0.2) is 0 Å². The Morgan fingerprint density at radius 2 is 2.19 bits per heavy atom. The first-order valence-electron chi connectivity index (χ1n) is 8.99. The zero-order valence-corrected chi connectivity index (χ0v) is 16.3. The van der Waals surface area contributed by atoms with Crippen molar-refractivity contribution in [2.45, 2.75) is 40.2 Å². The molecule has 0 unspecified atom stereocenters. The van der Waals surface area contributed by atoms with E-state index in [-0.39, 0.29) is 6.03 Å². The van der Waals surface area contributed by atoms with Crippen molar-refractivity contribution in [3.63, 3.8) is 0 Å². The maximum absolute atomic E-state index is 13.0. The second-order valence-electron chi connectivity index (χ2n) is 7.12. The number of thiazole rings is 1. The van der Waals surface area contributed by atoms with Crippen molar-refractivity contribution in [1.82, 2.24) is 9.88 Å². The van der Waals surface area contributed by atoms with Crippen molar-refractivity contribution >= 4 is 22.4 Å². The van der Waals surface area contributed by atoms with Crippen molar-refractivity contribution < 1.29 is 4.79 Å². The second kappa shape index (κ2) is 7.88. The number of nitriles is 1. The average molecular weight is 369 g/mol. The number of hydrogen-bond donors (Lipinski definition) is 0. The van der Waals surface area contributed by atoms with Crippen molar-refractivity contribution in [2.75, 3.05) is 18.0 Å². The van der Waals surface area contributed by atoms with E-state index in [1.54, 1.807) is 17.4 Å². The predicted molar refractivity (Wildman–Crippen MR) is 104 cm³/mol. The largest absolute Gasteiger partial charge is 0.325 e. The summed E-state index contributed by atoms with van der Waals surface area (Å²) in [6.07, 6.45) is 1.98. The number of likely N-dealkylation sites (tertiary alicyclic amines) is 1. The van der Waals surface area contributed by atoms with Crippen LogP contribution in [-0.4, -0.2) is 29.0 Å². The van der Waals surface area contributed by atoms with E-state index in [2.05, 4.69) is 24.9 Å². The van der Waals surface area contributed by atoms with Crippen LogP contribution in [0.25, 0.3) is 0 Å². The first kappa shape index (κ1) is 18.4. The molecular formula is C20H24N4OS. The third-order valence-electron chi connectivity index (χ3n) is 4.40. The summed E-state index contributed by atoms with van der Waals surface area (Å²) in [7, 11) is 0. The van der Waals surface area contributed by atoms with Gasteiger partial charge in [-0.3, -0.25) is 4.90 Å². The van der Waals surface area contributed by atoms with E-state index in [1.807, 2.05) is 34.9 Å². The van der Waals surface area contributed by atoms with Crippen molar-refractivity contribution in [2.24, 2.45) is 5.92 Å². The zero-order valence-electron chi connectivity index (χ0n) is 15.5. The molecule has 136 valence electrons. The molecule has 1 aliphatic heterocycles. The highest BCUT2D eigenvalue weighted by Gasteiger charge is 2.29. The van der Waals surface area contributed by atoms with Gasteiger partial charge >= 0.3 is 6.03 Å². The van der Waals surface area contributed by atoms with Crippen LogP contribution in [0.4, 0.5) is 9.80 Å². The van der Waals surface area contributed by atoms with Crippen LogP contribution in [0, 0.1) is 24.2 Å². The van der Waals surface area contributed by atoms with E-state index in [0.29, 0.717) is 18.0 Å². The summed E-state index contributed by atoms with van der Waals surface area (Å²) in [5.41, 5.74) is 2.47. The minimum atomic E-state index is 0.0291. The lowest BCUT2D eigenvalue weighted by molar-refractivity contribution is 0.174. The molecule has 0 saturated carbocycles. The lowest BCUT2D eigenvalue weighted by Gasteiger charge is -2.35. The molecule has 0 bridgehead atoms. The quantitative estimate of drug-likeness (QED) is 0.788. The summed E-state index contributed by atoms with van der Waals surface area (Å²) in [4.78, 5) is 21.4. The molecule has 26 heavy (non-hydrogen) atoms. The lowest BCUT2D eigenvalue weighted by atomic mass is 10.1. The molecule has 2 amide bonds. The van der Waals surface area contributed by atoms with E-state index in [1.165, 1.54) is 0 Å². The minimum absolute atomic E-state index is 0.0291. The molecule has 1 aromatic heterocycles. The summed E-state index contributed by atoms with van der Waals surface area (Å²) in [5.74, 6) is 0.528. The molecule has 1 aliphatic rings. The lowest BCUT2D eigenvalue weighted by Crippen LogP contribution is -2.49. The summed E-state index contributed by atoms with van der Waals surface area (Å²) in [6, 6.07) is 9.65. The molecule has 3 rings (SSSR count). The van der Waals surface area contributed by atoms with Gasteiger partial charge in [-0.2, -0.15) is 5.26 Å². The Balaban J connectivity index is 1.91. The smallest absolute Gasteiger partial charge is 0.324 e. The molecule has 2 aromatic rings. The van der Waals surface area contributed by atoms with E-state index in [0.717, 1.165) is 47.2 Å². The molecule has 0 spiro atoms. The third-order valence-corrected chi connectivity index (χ3v) is 5.60. The van der Waals surface area contributed by atoms with Gasteiger partial charge in [-0.05, 0) is 37.0 Å². The monoisotopic (exact) mass is 368 g/mol. The number of anilines is 1. The van der Waals surface area contributed by atoms with Gasteiger partial charge in [0.2, 0.25) is 0 Å². The number of aromatic nitrogens is 1. The van der Waals surface area contributed by atoms with Crippen LogP contribution in [0.5, 0.6) is 0 Å². The number of aryl methyl sites for hydroxylation is 1. The zero-order chi connectivity index (χ0) is 18.7. The predicted octanol–water partition coefficient (Wildman–Crippen LogP) is 4.35. The highest BCUT2D eigenvalue weighted by Crippen LogP contribution is 2.32. The average Bonchev–Trinajstić information content (AvgIpc) is 2.90. The molecule has 0 radical (unpaired) electrons. The fourth-order valence-electron chi connectivity index (χ4n) is 2.96. The summed E-state index contributed by atoms with van der Waals surface area (Å²) in [6.45, 7) is 8.39. The van der Waals surface area contributed by atoms with Gasteiger partial charge in [-0.25, -0.2) is 9.78 Å². The number of amides is 2. The molecule has 0 N–H and O–H groups in total. The number of rotatable bonds is 5. The van der Waals surface area contributed by atoms with Crippen LogP contribution in [0.3, 0.4) is 0 Å². The van der Waals surface area contributed by atoms with Gasteiger partial charge in [0.05, 0.1) is 28.9 Å². The summed E-state index contributed by atoms with van der Waals surface area (Å²) in [5, 5.41) is 11.1. The number of hydrogen-bond acceptors (Lipinski definition) is 4. The first-order valence-corrected chi connectivity index (χ1v) is 9.81. The number of urea groups is 1. The standard InChI is InChI=1S/C20H24N4OS/c1-14(2)10-18-22-15(3)19(26-18)24(20(25)23-8-5-9-23)13-17-7-4-6-16(11-17)12-21/h4,6-7,11,14H,5,8-10,13H2,1-3H3. The summed E-state index contributed by atoms with van der Waals surface area (Å²) < 4.78 is 0. The van der Waals surface area contributed by atoms with E-state index in [4.69, 9.17) is 5.26 Å². The fourth-order valence-corrected chi connectivity index (χ4v) is 4.23.